The highest BCUT2D eigenvalue weighted by molar-refractivity contribution is 6.07. The molecule has 0 saturated carbocycles. The standard InChI is InChI=1S/C22H18O5/c1-26-21-13-18(9-11-20(21)27-14-22(24)25)19(23)10-7-15-6-8-16-4-2-3-5-17(16)12-15/h2-13H,14H2,1H3,(H,24,25)/p-1/b10-7+. The van der Waals surface area contributed by atoms with Crippen LogP contribution in [0.25, 0.3) is 16.8 Å². The van der Waals surface area contributed by atoms with E-state index in [2.05, 4.69) is 0 Å². The average Bonchev–Trinajstić information content (AvgIpc) is 2.70. The van der Waals surface area contributed by atoms with Crippen molar-refractivity contribution in [3.05, 3.63) is 77.9 Å². The maximum Gasteiger partial charge on any atom is 0.185 e. The lowest BCUT2D eigenvalue weighted by molar-refractivity contribution is -0.307. The van der Waals surface area contributed by atoms with Crippen LogP contribution in [-0.4, -0.2) is 25.5 Å². The van der Waals surface area contributed by atoms with Crippen LogP contribution in [0.15, 0.2) is 66.7 Å². The number of hydrogen-bond acceptors (Lipinski definition) is 5. The van der Waals surface area contributed by atoms with Gasteiger partial charge in [-0.15, -0.1) is 0 Å². The minimum atomic E-state index is -1.34. The van der Waals surface area contributed by atoms with Crippen LogP contribution in [0.5, 0.6) is 11.5 Å². The van der Waals surface area contributed by atoms with Gasteiger partial charge < -0.3 is 19.4 Å². The van der Waals surface area contributed by atoms with Crippen molar-refractivity contribution in [1.82, 2.24) is 0 Å². The Morgan fingerprint density at radius 2 is 1.74 bits per heavy atom. The summed E-state index contributed by atoms with van der Waals surface area (Å²) in [6.45, 7) is -0.592. The summed E-state index contributed by atoms with van der Waals surface area (Å²) in [5.74, 6) is -1.03. The van der Waals surface area contributed by atoms with E-state index in [1.54, 1.807) is 12.1 Å². The number of benzene rings is 3. The number of hydrogen-bond donors (Lipinski definition) is 0. The number of ether oxygens (including phenoxy) is 2. The fourth-order valence-electron chi connectivity index (χ4n) is 2.66. The zero-order valence-electron chi connectivity index (χ0n) is 14.7. The first kappa shape index (κ1) is 18.2. The van der Waals surface area contributed by atoms with Crippen LogP contribution in [0.1, 0.15) is 15.9 Å². The van der Waals surface area contributed by atoms with E-state index < -0.39 is 12.6 Å². The van der Waals surface area contributed by atoms with Crippen molar-refractivity contribution in [2.24, 2.45) is 0 Å². The van der Waals surface area contributed by atoms with Gasteiger partial charge in [0.05, 0.1) is 13.1 Å². The molecule has 136 valence electrons. The third kappa shape index (κ3) is 4.52. The Balaban J connectivity index is 1.78. The minimum absolute atomic E-state index is 0.201. The second-order valence-electron chi connectivity index (χ2n) is 5.83. The molecule has 0 aliphatic rings. The average molecular weight is 361 g/mol. The number of aliphatic carboxylic acids is 1. The fraction of sp³-hybridized carbons (Fsp3) is 0.0909. The van der Waals surface area contributed by atoms with Crippen LogP contribution in [-0.2, 0) is 4.79 Å². The van der Waals surface area contributed by atoms with Crippen molar-refractivity contribution in [3.8, 4) is 11.5 Å². The van der Waals surface area contributed by atoms with Gasteiger partial charge in [0.1, 0.15) is 6.61 Å². The van der Waals surface area contributed by atoms with Crippen LogP contribution >= 0.6 is 0 Å². The van der Waals surface area contributed by atoms with E-state index in [1.165, 1.54) is 25.3 Å². The van der Waals surface area contributed by atoms with Gasteiger partial charge in [-0.05, 0) is 46.7 Å². The zero-order valence-corrected chi connectivity index (χ0v) is 14.7. The SMILES string of the molecule is COc1cc(C(=O)/C=C/c2ccc3ccccc3c2)ccc1OCC(=O)[O-]. The van der Waals surface area contributed by atoms with E-state index >= 15 is 0 Å². The maximum atomic E-state index is 12.4. The van der Waals surface area contributed by atoms with Gasteiger partial charge in [-0.1, -0.05) is 42.5 Å². The highest BCUT2D eigenvalue weighted by Crippen LogP contribution is 2.28. The summed E-state index contributed by atoms with van der Waals surface area (Å²) < 4.78 is 10.2. The van der Waals surface area contributed by atoms with Crippen LogP contribution in [0.2, 0.25) is 0 Å². The van der Waals surface area contributed by atoms with Crippen molar-refractivity contribution < 1.29 is 24.2 Å². The number of ketones is 1. The maximum absolute atomic E-state index is 12.4. The number of carbonyl (C=O) groups excluding carboxylic acids is 2. The Morgan fingerprint density at radius 3 is 2.48 bits per heavy atom. The van der Waals surface area contributed by atoms with E-state index in [9.17, 15) is 14.7 Å². The Bertz CT molecular complexity index is 1020. The van der Waals surface area contributed by atoms with Crippen LogP contribution in [0.4, 0.5) is 0 Å². The first-order valence-electron chi connectivity index (χ1n) is 8.29. The summed E-state index contributed by atoms with van der Waals surface area (Å²) in [6, 6.07) is 18.5. The molecule has 0 aliphatic heterocycles. The molecule has 5 nitrogen and oxygen atoms in total. The molecule has 3 aromatic carbocycles. The van der Waals surface area contributed by atoms with E-state index in [0.717, 1.165) is 16.3 Å². The molecule has 3 rings (SSSR count). The zero-order chi connectivity index (χ0) is 19.2. The molecule has 0 radical (unpaired) electrons. The normalized spacial score (nSPS) is 10.9. The van der Waals surface area contributed by atoms with Crippen LogP contribution in [0.3, 0.4) is 0 Å². The number of rotatable bonds is 7. The molecule has 27 heavy (non-hydrogen) atoms. The van der Waals surface area contributed by atoms with Crippen molar-refractivity contribution >= 4 is 28.6 Å². The van der Waals surface area contributed by atoms with Gasteiger partial charge in [0.2, 0.25) is 0 Å². The number of allylic oxidation sites excluding steroid dienone is 1. The quantitative estimate of drug-likeness (QED) is 0.478. The summed E-state index contributed by atoms with van der Waals surface area (Å²) in [6.07, 6.45) is 3.24. The summed E-state index contributed by atoms with van der Waals surface area (Å²) in [7, 11) is 1.42. The summed E-state index contributed by atoms with van der Waals surface area (Å²) in [4.78, 5) is 22.9. The van der Waals surface area contributed by atoms with Gasteiger partial charge in [-0.25, -0.2) is 0 Å². The molecule has 0 bridgehead atoms. The molecule has 0 spiro atoms. The number of fused-ring (bicyclic) bond motifs is 1. The summed E-state index contributed by atoms with van der Waals surface area (Å²) >= 11 is 0. The Kier molecular flexibility index (Phi) is 5.52. The molecule has 0 aromatic heterocycles. The Morgan fingerprint density at radius 1 is 0.963 bits per heavy atom. The highest BCUT2D eigenvalue weighted by atomic mass is 16.5. The molecule has 0 aliphatic carbocycles. The van der Waals surface area contributed by atoms with Gasteiger partial charge >= 0.3 is 0 Å². The Hall–Kier alpha value is -3.60. The fourth-order valence-corrected chi connectivity index (χ4v) is 2.66. The summed E-state index contributed by atoms with van der Waals surface area (Å²) in [5, 5.41) is 12.7. The lowest BCUT2D eigenvalue weighted by Gasteiger charge is -2.11. The third-order valence-corrected chi connectivity index (χ3v) is 3.99. The van der Waals surface area contributed by atoms with Crippen LogP contribution in [0, 0.1) is 0 Å². The van der Waals surface area contributed by atoms with E-state index in [-0.39, 0.29) is 17.3 Å². The number of carbonyl (C=O) groups is 2. The first-order valence-corrected chi connectivity index (χ1v) is 8.29. The number of carboxylic acids is 1. The van der Waals surface area contributed by atoms with Crippen LogP contribution < -0.4 is 14.6 Å². The molecule has 0 N–H and O–H groups in total. The van der Waals surface area contributed by atoms with Gasteiger partial charge in [0.25, 0.3) is 0 Å². The summed E-state index contributed by atoms with van der Waals surface area (Å²) in [5.41, 5.74) is 1.33. The molecule has 0 saturated heterocycles. The number of methoxy groups -OCH3 is 1. The monoisotopic (exact) mass is 361 g/mol. The van der Waals surface area contributed by atoms with Crippen molar-refractivity contribution in [2.75, 3.05) is 13.7 Å². The molecular weight excluding hydrogens is 344 g/mol. The van der Waals surface area contributed by atoms with Gasteiger partial charge in [0.15, 0.2) is 17.3 Å². The second-order valence-corrected chi connectivity index (χ2v) is 5.83. The lowest BCUT2D eigenvalue weighted by Crippen LogP contribution is -2.29. The van der Waals surface area contributed by atoms with E-state index in [4.69, 9.17) is 9.47 Å². The molecular formula is C22H17O5-. The van der Waals surface area contributed by atoms with E-state index in [0.29, 0.717) is 5.56 Å². The largest absolute Gasteiger partial charge is 0.546 e. The molecule has 0 amide bonds. The molecule has 0 unspecified atom stereocenters. The Labute approximate surface area is 156 Å². The van der Waals surface area contributed by atoms with E-state index in [1.807, 2.05) is 42.5 Å². The van der Waals surface area contributed by atoms with Crippen molar-refractivity contribution in [1.29, 1.82) is 0 Å². The van der Waals surface area contributed by atoms with Gasteiger partial charge in [-0.3, -0.25) is 4.79 Å². The first-order chi connectivity index (χ1) is 13.1. The predicted molar refractivity (Wildman–Crippen MR) is 101 cm³/mol. The molecule has 5 heteroatoms. The molecule has 0 fully saturated rings. The number of carboxylic acid groups (broad SMARTS) is 1. The van der Waals surface area contributed by atoms with Crippen molar-refractivity contribution in [2.45, 2.75) is 0 Å². The molecule has 3 aromatic rings. The smallest absolute Gasteiger partial charge is 0.185 e. The topological polar surface area (TPSA) is 75.7 Å². The molecule has 0 heterocycles. The predicted octanol–water partition coefficient (Wildman–Crippen LogP) is 2.87. The second kappa shape index (κ2) is 8.19. The third-order valence-electron chi connectivity index (χ3n) is 3.99. The minimum Gasteiger partial charge on any atom is -0.546 e. The van der Waals surface area contributed by atoms with Gasteiger partial charge in [0, 0.05) is 5.56 Å². The van der Waals surface area contributed by atoms with Gasteiger partial charge in [-0.2, -0.15) is 0 Å². The van der Waals surface area contributed by atoms with Crippen molar-refractivity contribution in [3.63, 3.8) is 0 Å². The molecule has 0 atom stereocenters. The highest BCUT2D eigenvalue weighted by Gasteiger charge is 2.09. The lowest BCUT2D eigenvalue weighted by atomic mass is 10.1.